The molecule has 2 atom stereocenters. The van der Waals surface area contributed by atoms with Crippen molar-refractivity contribution in [2.75, 3.05) is 11.4 Å². The van der Waals surface area contributed by atoms with Gasteiger partial charge in [0.2, 0.25) is 0 Å². The van der Waals surface area contributed by atoms with Gasteiger partial charge >= 0.3 is 0 Å². The second-order valence-corrected chi connectivity index (χ2v) is 6.25. The van der Waals surface area contributed by atoms with Crippen LogP contribution in [0, 0.1) is 5.82 Å². The fourth-order valence-electron chi connectivity index (χ4n) is 3.47. The van der Waals surface area contributed by atoms with Crippen LogP contribution in [0.5, 0.6) is 0 Å². The van der Waals surface area contributed by atoms with Crippen LogP contribution in [-0.4, -0.2) is 33.3 Å². The lowest BCUT2D eigenvalue weighted by molar-refractivity contribution is 0.100. The highest BCUT2D eigenvalue weighted by Gasteiger charge is 2.32. The maximum absolute atomic E-state index is 13.6. The molecular weight excluding hydrogens is 323 g/mol. The third-order valence-corrected chi connectivity index (χ3v) is 4.61. The van der Waals surface area contributed by atoms with Crippen molar-refractivity contribution in [1.29, 1.82) is 0 Å². The van der Waals surface area contributed by atoms with Gasteiger partial charge in [-0.1, -0.05) is 12.1 Å². The Labute approximate surface area is 143 Å². The lowest BCUT2D eigenvalue weighted by Gasteiger charge is -2.27. The normalized spacial score (nSPS) is 20.3. The summed E-state index contributed by atoms with van der Waals surface area (Å²) in [5.41, 5.74) is 7.96. The minimum atomic E-state index is -0.546. The van der Waals surface area contributed by atoms with E-state index >= 15 is 0 Å². The molecule has 1 aliphatic rings. The van der Waals surface area contributed by atoms with Crippen LogP contribution in [0.25, 0.3) is 5.52 Å². The molecule has 1 saturated heterocycles. The summed E-state index contributed by atoms with van der Waals surface area (Å²) in [6.45, 7) is 0.428. The number of aliphatic hydroxyl groups excluding tert-OH is 1. The standard InChI is InChI=1S/C18H17FN4O2/c19-12-3-1-2-11(6-12)16-8-14(24)10-22(16)13-4-5-23-17(7-13)15(9-21-23)18(20)25/h1-7,9,14,16,24H,8,10H2,(H2,20,25). The Bertz CT molecular complexity index is 955. The zero-order valence-electron chi connectivity index (χ0n) is 13.3. The molecule has 1 amide bonds. The van der Waals surface area contributed by atoms with Crippen LogP contribution in [0.15, 0.2) is 48.8 Å². The zero-order chi connectivity index (χ0) is 17.6. The molecular formula is C18H17FN4O2. The van der Waals surface area contributed by atoms with Crippen LogP contribution in [0.4, 0.5) is 10.1 Å². The quantitative estimate of drug-likeness (QED) is 0.763. The molecule has 3 N–H and O–H groups in total. The number of benzene rings is 1. The minimum Gasteiger partial charge on any atom is -0.391 e. The zero-order valence-corrected chi connectivity index (χ0v) is 13.3. The number of aliphatic hydroxyl groups is 1. The molecule has 0 bridgehead atoms. The van der Waals surface area contributed by atoms with Crippen LogP contribution >= 0.6 is 0 Å². The van der Waals surface area contributed by atoms with Gasteiger partial charge in [0.25, 0.3) is 5.91 Å². The summed E-state index contributed by atoms with van der Waals surface area (Å²) >= 11 is 0. The van der Waals surface area contributed by atoms with Crippen molar-refractivity contribution in [1.82, 2.24) is 9.61 Å². The second kappa shape index (κ2) is 5.86. The first-order valence-electron chi connectivity index (χ1n) is 8.00. The van der Waals surface area contributed by atoms with E-state index in [1.807, 2.05) is 23.1 Å². The fourth-order valence-corrected chi connectivity index (χ4v) is 3.47. The van der Waals surface area contributed by atoms with Gasteiger partial charge in [-0.3, -0.25) is 4.79 Å². The van der Waals surface area contributed by atoms with Crippen LogP contribution < -0.4 is 10.6 Å². The summed E-state index contributed by atoms with van der Waals surface area (Å²) in [6, 6.07) is 9.93. The van der Waals surface area contributed by atoms with Gasteiger partial charge < -0.3 is 15.7 Å². The number of hydrogen-bond acceptors (Lipinski definition) is 4. The predicted octanol–water partition coefficient (Wildman–Crippen LogP) is 1.88. The van der Waals surface area contributed by atoms with Gasteiger partial charge in [0.05, 0.1) is 29.4 Å². The number of hydrogen-bond donors (Lipinski definition) is 2. The topological polar surface area (TPSA) is 83.9 Å². The number of fused-ring (bicyclic) bond motifs is 1. The van der Waals surface area contributed by atoms with Crippen molar-refractivity contribution >= 4 is 17.1 Å². The average Bonchev–Trinajstić information content (AvgIpc) is 3.17. The number of β-amino-alcohol motifs (C(OH)–C–C–N with tert-alkyl or cyclic N) is 1. The largest absolute Gasteiger partial charge is 0.391 e. The Morgan fingerprint density at radius 2 is 2.16 bits per heavy atom. The highest BCUT2D eigenvalue weighted by Crippen LogP contribution is 2.37. The number of aromatic nitrogens is 2. The molecule has 0 saturated carbocycles. The Morgan fingerprint density at radius 1 is 1.32 bits per heavy atom. The molecule has 7 heteroatoms. The van der Waals surface area contributed by atoms with Crippen molar-refractivity contribution in [3.05, 3.63) is 65.7 Å². The van der Waals surface area contributed by atoms with Crippen LogP contribution in [0.2, 0.25) is 0 Å². The number of halogens is 1. The highest BCUT2D eigenvalue weighted by molar-refractivity contribution is 5.99. The first kappa shape index (κ1) is 15.6. The van der Waals surface area contributed by atoms with E-state index in [4.69, 9.17) is 5.73 Å². The number of primary amides is 1. The Balaban J connectivity index is 1.77. The fraction of sp³-hybridized carbons (Fsp3) is 0.222. The number of pyridine rings is 1. The second-order valence-electron chi connectivity index (χ2n) is 6.25. The van der Waals surface area contributed by atoms with E-state index in [2.05, 4.69) is 5.10 Å². The summed E-state index contributed by atoms with van der Waals surface area (Å²) in [4.78, 5) is 13.6. The van der Waals surface area contributed by atoms with E-state index in [-0.39, 0.29) is 11.9 Å². The van der Waals surface area contributed by atoms with Crippen LogP contribution in [0.1, 0.15) is 28.4 Å². The SMILES string of the molecule is NC(=O)c1cnn2ccc(N3CC(O)CC3c3cccc(F)c3)cc12. The van der Waals surface area contributed by atoms with Gasteiger partial charge in [-0.15, -0.1) is 0 Å². The molecule has 0 aliphatic carbocycles. The molecule has 2 unspecified atom stereocenters. The molecule has 1 fully saturated rings. The van der Waals surface area contributed by atoms with Crippen molar-refractivity contribution < 1.29 is 14.3 Å². The molecule has 0 spiro atoms. The lowest BCUT2D eigenvalue weighted by Crippen LogP contribution is -2.24. The van der Waals surface area contributed by atoms with Crippen LogP contribution in [0.3, 0.4) is 0 Å². The van der Waals surface area contributed by atoms with Crippen molar-refractivity contribution in [2.24, 2.45) is 5.73 Å². The molecule has 0 radical (unpaired) electrons. The molecule has 25 heavy (non-hydrogen) atoms. The van der Waals surface area contributed by atoms with E-state index < -0.39 is 12.0 Å². The van der Waals surface area contributed by atoms with E-state index in [1.165, 1.54) is 18.3 Å². The number of carbonyl (C=O) groups is 1. The molecule has 4 rings (SSSR count). The summed E-state index contributed by atoms with van der Waals surface area (Å²) in [6.07, 6.45) is 3.18. The van der Waals surface area contributed by atoms with E-state index in [9.17, 15) is 14.3 Å². The van der Waals surface area contributed by atoms with Gasteiger partial charge in [-0.25, -0.2) is 8.91 Å². The summed E-state index contributed by atoms with van der Waals surface area (Å²) in [5, 5.41) is 14.3. The monoisotopic (exact) mass is 340 g/mol. The molecule has 3 heterocycles. The number of nitrogens with zero attached hydrogens (tertiary/aromatic N) is 3. The molecule has 3 aromatic rings. The van der Waals surface area contributed by atoms with E-state index in [0.717, 1.165) is 11.3 Å². The third kappa shape index (κ3) is 2.72. The first-order chi connectivity index (χ1) is 12.0. The molecule has 6 nitrogen and oxygen atoms in total. The Kier molecular flexibility index (Phi) is 3.65. The summed E-state index contributed by atoms with van der Waals surface area (Å²) in [5.74, 6) is -0.851. The van der Waals surface area contributed by atoms with Crippen molar-refractivity contribution in [3.8, 4) is 0 Å². The van der Waals surface area contributed by atoms with Crippen LogP contribution in [-0.2, 0) is 0 Å². The van der Waals surface area contributed by atoms with Gasteiger partial charge in [0, 0.05) is 18.4 Å². The predicted molar refractivity (Wildman–Crippen MR) is 90.8 cm³/mol. The van der Waals surface area contributed by atoms with E-state index in [1.54, 1.807) is 16.8 Å². The average molecular weight is 340 g/mol. The molecule has 1 aliphatic heterocycles. The highest BCUT2D eigenvalue weighted by atomic mass is 19.1. The number of amides is 1. The smallest absolute Gasteiger partial charge is 0.252 e. The Morgan fingerprint density at radius 3 is 2.92 bits per heavy atom. The number of rotatable bonds is 3. The summed E-state index contributed by atoms with van der Waals surface area (Å²) < 4.78 is 15.2. The summed E-state index contributed by atoms with van der Waals surface area (Å²) in [7, 11) is 0. The molecule has 128 valence electrons. The molecule has 1 aromatic carbocycles. The third-order valence-electron chi connectivity index (χ3n) is 4.61. The van der Waals surface area contributed by atoms with Crippen molar-refractivity contribution in [3.63, 3.8) is 0 Å². The lowest BCUT2D eigenvalue weighted by atomic mass is 10.0. The Hall–Kier alpha value is -2.93. The maximum atomic E-state index is 13.6. The minimum absolute atomic E-state index is 0.145. The van der Waals surface area contributed by atoms with Gasteiger partial charge in [0.15, 0.2) is 0 Å². The first-order valence-corrected chi connectivity index (χ1v) is 8.00. The van der Waals surface area contributed by atoms with Gasteiger partial charge in [-0.05, 0) is 36.2 Å². The van der Waals surface area contributed by atoms with E-state index in [0.29, 0.717) is 24.0 Å². The van der Waals surface area contributed by atoms with Gasteiger partial charge in [0.1, 0.15) is 5.82 Å². The molecule has 2 aromatic heterocycles. The number of nitrogens with two attached hydrogens (primary N) is 1. The number of carbonyl (C=O) groups excluding carboxylic acids is 1. The van der Waals surface area contributed by atoms with Gasteiger partial charge in [-0.2, -0.15) is 5.10 Å². The maximum Gasteiger partial charge on any atom is 0.252 e. The number of anilines is 1. The van der Waals surface area contributed by atoms with Crippen molar-refractivity contribution in [2.45, 2.75) is 18.6 Å².